The van der Waals surface area contributed by atoms with Crippen molar-refractivity contribution in [3.63, 3.8) is 0 Å². The number of anilines is 1. The normalized spacial score (nSPS) is 11.0. The standard InChI is InChI=1S/C22H23N5O2S/c1-4-27-17(13-15(3)25-27)21(28)26(14-16-9-6-7-12-23-16)22-24-20-18(29-5-2)10-8-11-19(20)30-22/h6-13H,4-5,14H2,1-3H3. The van der Waals surface area contributed by atoms with Crippen molar-refractivity contribution in [1.82, 2.24) is 19.7 Å². The molecule has 1 aromatic carbocycles. The third kappa shape index (κ3) is 3.91. The van der Waals surface area contributed by atoms with E-state index in [1.165, 1.54) is 11.3 Å². The third-order valence-electron chi connectivity index (χ3n) is 4.61. The van der Waals surface area contributed by atoms with Gasteiger partial charge in [-0.05, 0) is 51.1 Å². The van der Waals surface area contributed by atoms with Crippen LogP contribution in [0.3, 0.4) is 0 Å². The van der Waals surface area contributed by atoms with Gasteiger partial charge in [0.2, 0.25) is 0 Å². The van der Waals surface area contributed by atoms with Gasteiger partial charge in [-0.2, -0.15) is 5.10 Å². The van der Waals surface area contributed by atoms with E-state index in [0.717, 1.165) is 27.4 Å². The molecule has 8 heteroatoms. The van der Waals surface area contributed by atoms with Crippen LogP contribution in [0, 0.1) is 6.92 Å². The van der Waals surface area contributed by atoms with E-state index >= 15 is 0 Å². The highest BCUT2D eigenvalue weighted by atomic mass is 32.1. The Bertz CT molecular complexity index is 1170. The summed E-state index contributed by atoms with van der Waals surface area (Å²) in [5, 5.41) is 5.04. The molecule has 4 aromatic rings. The van der Waals surface area contributed by atoms with Gasteiger partial charge in [-0.1, -0.05) is 23.5 Å². The molecular formula is C22H23N5O2S. The zero-order valence-corrected chi connectivity index (χ0v) is 18.0. The van der Waals surface area contributed by atoms with E-state index in [-0.39, 0.29) is 5.91 Å². The van der Waals surface area contributed by atoms with Crippen molar-refractivity contribution in [2.45, 2.75) is 33.9 Å². The van der Waals surface area contributed by atoms with Crippen molar-refractivity contribution in [1.29, 1.82) is 0 Å². The smallest absolute Gasteiger partial charge is 0.278 e. The molecule has 0 radical (unpaired) electrons. The fourth-order valence-corrected chi connectivity index (χ4v) is 4.26. The third-order valence-corrected chi connectivity index (χ3v) is 5.66. The first-order valence-electron chi connectivity index (χ1n) is 9.89. The molecule has 0 aliphatic heterocycles. The molecule has 0 unspecified atom stereocenters. The quantitative estimate of drug-likeness (QED) is 0.440. The van der Waals surface area contributed by atoms with Gasteiger partial charge in [0.15, 0.2) is 5.13 Å². The number of thiazole rings is 1. The van der Waals surface area contributed by atoms with Crippen molar-refractivity contribution in [2.75, 3.05) is 11.5 Å². The van der Waals surface area contributed by atoms with E-state index in [1.54, 1.807) is 15.8 Å². The van der Waals surface area contributed by atoms with Gasteiger partial charge in [-0.3, -0.25) is 19.4 Å². The number of hydrogen-bond donors (Lipinski definition) is 0. The van der Waals surface area contributed by atoms with Crippen LogP contribution in [0.5, 0.6) is 5.75 Å². The summed E-state index contributed by atoms with van der Waals surface area (Å²) < 4.78 is 8.42. The largest absolute Gasteiger partial charge is 0.492 e. The number of nitrogens with zero attached hydrogens (tertiary/aromatic N) is 5. The summed E-state index contributed by atoms with van der Waals surface area (Å²) in [6.45, 7) is 7.28. The van der Waals surface area contributed by atoms with Crippen LogP contribution in [0.25, 0.3) is 10.2 Å². The summed E-state index contributed by atoms with van der Waals surface area (Å²) in [6.07, 6.45) is 1.73. The Kier molecular flexibility index (Phi) is 5.76. The van der Waals surface area contributed by atoms with Crippen molar-refractivity contribution in [2.24, 2.45) is 0 Å². The number of carbonyl (C=O) groups excluding carboxylic acids is 1. The molecule has 0 bridgehead atoms. The molecular weight excluding hydrogens is 398 g/mol. The SMILES string of the molecule is CCOc1cccc2sc(N(Cc3ccccn3)C(=O)c3cc(C)nn3CC)nc12. The Morgan fingerprint density at radius 3 is 2.80 bits per heavy atom. The highest BCUT2D eigenvalue weighted by molar-refractivity contribution is 7.22. The van der Waals surface area contributed by atoms with Gasteiger partial charge < -0.3 is 4.74 Å². The van der Waals surface area contributed by atoms with Crippen LogP contribution in [0.2, 0.25) is 0 Å². The molecule has 4 rings (SSSR count). The number of ether oxygens (including phenoxy) is 1. The van der Waals surface area contributed by atoms with Crippen LogP contribution in [0.4, 0.5) is 5.13 Å². The van der Waals surface area contributed by atoms with Gasteiger partial charge in [0.1, 0.15) is 17.0 Å². The first-order valence-corrected chi connectivity index (χ1v) is 10.7. The van der Waals surface area contributed by atoms with Gasteiger partial charge in [-0.15, -0.1) is 0 Å². The van der Waals surface area contributed by atoms with Crippen LogP contribution < -0.4 is 9.64 Å². The Balaban J connectivity index is 1.80. The Hall–Kier alpha value is -3.26. The van der Waals surface area contributed by atoms with E-state index in [1.807, 2.05) is 63.2 Å². The fraction of sp³-hybridized carbons (Fsp3) is 0.273. The number of para-hydroxylation sites is 1. The lowest BCUT2D eigenvalue weighted by molar-refractivity contribution is 0.0974. The van der Waals surface area contributed by atoms with Gasteiger partial charge in [0.25, 0.3) is 5.91 Å². The molecule has 0 fully saturated rings. The highest BCUT2D eigenvalue weighted by Gasteiger charge is 2.26. The summed E-state index contributed by atoms with van der Waals surface area (Å²) >= 11 is 1.46. The van der Waals surface area contributed by atoms with Crippen LogP contribution in [0.15, 0.2) is 48.7 Å². The molecule has 7 nitrogen and oxygen atoms in total. The Morgan fingerprint density at radius 1 is 1.20 bits per heavy atom. The maximum absolute atomic E-state index is 13.6. The van der Waals surface area contributed by atoms with Crippen molar-refractivity contribution < 1.29 is 9.53 Å². The molecule has 1 amide bonds. The zero-order valence-electron chi connectivity index (χ0n) is 17.2. The number of amides is 1. The molecule has 0 saturated carbocycles. The highest BCUT2D eigenvalue weighted by Crippen LogP contribution is 2.35. The summed E-state index contributed by atoms with van der Waals surface area (Å²) in [4.78, 5) is 24.5. The predicted octanol–water partition coefficient (Wildman–Crippen LogP) is 4.46. The monoisotopic (exact) mass is 421 g/mol. The molecule has 0 saturated heterocycles. The molecule has 3 heterocycles. The van der Waals surface area contributed by atoms with Gasteiger partial charge >= 0.3 is 0 Å². The van der Waals surface area contributed by atoms with Crippen LogP contribution in [-0.2, 0) is 13.1 Å². The maximum atomic E-state index is 13.6. The summed E-state index contributed by atoms with van der Waals surface area (Å²) in [5.41, 5.74) is 2.89. The number of pyridine rings is 1. The van der Waals surface area contributed by atoms with Crippen molar-refractivity contribution in [3.05, 3.63) is 65.7 Å². The number of fused-ring (bicyclic) bond motifs is 1. The number of aromatic nitrogens is 4. The molecule has 0 aliphatic carbocycles. The van der Waals surface area contributed by atoms with Gasteiger partial charge in [0, 0.05) is 12.7 Å². The lowest BCUT2D eigenvalue weighted by Gasteiger charge is -2.19. The van der Waals surface area contributed by atoms with Crippen LogP contribution >= 0.6 is 11.3 Å². The number of carbonyl (C=O) groups is 1. The van der Waals surface area contributed by atoms with Gasteiger partial charge in [0.05, 0.1) is 29.2 Å². The number of benzene rings is 1. The minimum atomic E-state index is -0.153. The van der Waals surface area contributed by atoms with Crippen LogP contribution in [-0.4, -0.2) is 32.3 Å². The fourth-order valence-electron chi connectivity index (χ4n) is 3.28. The minimum Gasteiger partial charge on any atom is -0.492 e. The second-order valence-corrected chi connectivity index (χ2v) is 7.74. The van der Waals surface area contributed by atoms with E-state index in [4.69, 9.17) is 9.72 Å². The average Bonchev–Trinajstić information content (AvgIpc) is 3.36. The van der Waals surface area contributed by atoms with E-state index < -0.39 is 0 Å². The van der Waals surface area contributed by atoms with E-state index in [0.29, 0.717) is 30.5 Å². The second kappa shape index (κ2) is 8.62. The van der Waals surface area contributed by atoms with Crippen molar-refractivity contribution >= 4 is 32.6 Å². The molecule has 0 aliphatic rings. The summed E-state index contributed by atoms with van der Waals surface area (Å²) in [6, 6.07) is 13.3. The van der Waals surface area contributed by atoms with E-state index in [9.17, 15) is 4.79 Å². The first-order chi connectivity index (χ1) is 14.6. The molecule has 0 N–H and O–H groups in total. The zero-order chi connectivity index (χ0) is 21.1. The second-order valence-electron chi connectivity index (χ2n) is 6.73. The maximum Gasteiger partial charge on any atom is 0.278 e. The number of rotatable bonds is 7. The predicted molar refractivity (Wildman–Crippen MR) is 118 cm³/mol. The lowest BCUT2D eigenvalue weighted by Crippen LogP contribution is -2.32. The first kappa shape index (κ1) is 20.0. The number of hydrogen-bond acceptors (Lipinski definition) is 6. The number of aryl methyl sites for hydroxylation is 2. The molecule has 0 atom stereocenters. The van der Waals surface area contributed by atoms with Crippen molar-refractivity contribution in [3.8, 4) is 5.75 Å². The summed E-state index contributed by atoms with van der Waals surface area (Å²) in [5.74, 6) is 0.567. The molecule has 154 valence electrons. The molecule has 30 heavy (non-hydrogen) atoms. The molecule has 3 aromatic heterocycles. The van der Waals surface area contributed by atoms with Crippen LogP contribution in [0.1, 0.15) is 35.7 Å². The molecule has 0 spiro atoms. The summed E-state index contributed by atoms with van der Waals surface area (Å²) in [7, 11) is 0. The minimum absolute atomic E-state index is 0.153. The van der Waals surface area contributed by atoms with Gasteiger partial charge in [-0.25, -0.2) is 4.98 Å². The lowest BCUT2D eigenvalue weighted by atomic mass is 10.3. The Morgan fingerprint density at radius 2 is 2.07 bits per heavy atom. The topological polar surface area (TPSA) is 73.1 Å². The average molecular weight is 422 g/mol. The Labute approximate surface area is 179 Å². The van der Waals surface area contributed by atoms with E-state index in [2.05, 4.69) is 10.1 Å².